The van der Waals surface area contributed by atoms with E-state index in [-0.39, 0.29) is 11.9 Å². The fraction of sp³-hybridized carbons (Fsp3) is 0.286. The van der Waals surface area contributed by atoms with Crippen LogP contribution in [0.3, 0.4) is 0 Å². The van der Waals surface area contributed by atoms with Gasteiger partial charge in [0.1, 0.15) is 18.2 Å². The number of hydrogen-bond donors (Lipinski definition) is 1. The minimum absolute atomic E-state index is 0.0642. The van der Waals surface area contributed by atoms with Crippen LogP contribution >= 0.6 is 0 Å². The van der Waals surface area contributed by atoms with E-state index in [4.69, 9.17) is 0 Å². The van der Waals surface area contributed by atoms with Crippen LogP contribution in [0.15, 0.2) is 49.2 Å². The second kappa shape index (κ2) is 6.88. The molecule has 0 bridgehead atoms. The second-order valence-electron chi connectivity index (χ2n) is 7.53. The Balaban J connectivity index is 1.38. The van der Waals surface area contributed by atoms with E-state index >= 15 is 0 Å². The van der Waals surface area contributed by atoms with Crippen LogP contribution in [0.1, 0.15) is 18.4 Å². The van der Waals surface area contributed by atoms with Crippen molar-refractivity contribution in [3.05, 3.63) is 60.6 Å². The summed E-state index contributed by atoms with van der Waals surface area (Å²) in [6.45, 7) is 1.93. The van der Waals surface area contributed by atoms with Crippen LogP contribution in [0.4, 0.5) is 15.9 Å². The van der Waals surface area contributed by atoms with Gasteiger partial charge in [-0.1, -0.05) is 6.07 Å². The standard InChI is InChI=1S/C21H19FN6O/c1-12-2-3-15(8-16(12)20-24-9-14(22)10-25-20)27-21(29)18-7-13-6-17(13)28(18)19-4-5-23-11-26-19/h2-5,8-11,13,17-18H,6-7H2,1H3,(H,27,29)/t13-,17-,18+/m0/s1. The molecule has 3 aromatic rings. The molecule has 1 amide bonds. The maximum Gasteiger partial charge on any atom is 0.247 e. The number of hydrogen-bond acceptors (Lipinski definition) is 6. The lowest BCUT2D eigenvalue weighted by Crippen LogP contribution is -2.42. The molecule has 0 spiro atoms. The summed E-state index contributed by atoms with van der Waals surface area (Å²) < 4.78 is 13.1. The average molecular weight is 390 g/mol. The molecule has 2 aliphatic rings. The molecule has 2 aromatic heterocycles. The summed E-state index contributed by atoms with van der Waals surface area (Å²) in [5.41, 5.74) is 2.36. The van der Waals surface area contributed by atoms with E-state index in [9.17, 15) is 9.18 Å². The van der Waals surface area contributed by atoms with Gasteiger partial charge < -0.3 is 10.2 Å². The van der Waals surface area contributed by atoms with Crippen LogP contribution < -0.4 is 10.2 Å². The summed E-state index contributed by atoms with van der Waals surface area (Å²) in [5.74, 6) is 1.20. The Labute approximate surface area is 167 Å². The van der Waals surface area contributed by atoms with E-state index in [0.29, 0.717) is 23.5 Å². The van der Waals surface area contributed by atoms with Crippen molar-refractivity contribution >= 4 is 17.4 Å². The summed E-state index contributed by atoms with van der Waals surface area (Å²) >= 11 is 0. The molecule has 7 nitrogen and oxygen atoms in total. The van der Waals surface area contributed by atoms with E-state index in [2.05, 4.69) is 30.2 Å². The van der Waals surface area contributed by atoms with E-state index in [1.54, 1.807) is 6.20 Å². The van der Waals surface area contributed by atoms with Crippen LogP contribution in [0.2, 0.25) is 0 Å². The largest absolute Gasteiger partial charge is 0.341 e. The Morgan fingerprint density at radius 1 is 1.17 bits per heavy atom. The van der Waals surface area contributed by atoms with Gasteiger partial charge in [-0.3, -0.25) is 4.79 Å². The number of benzene rings is 1. The lowest BCUT2D eigenvalue weighted by Gasteiger charge is -2.27. The quantitative estimate of drug-likeness (QED) is 0.737. The highest BCUT2D eigenvalue weighted by molar-refractivity contribution is 5.98. The highest BCUT2D eigenvalue weighted by Gasteiger charge is 2.54. The van der Waals surface area contributed by atoms with Crippen molar-refractivity contribution in [1.29, 1.82) is 0 Å². The smallest absolute Gasteiger partial charge is 0.247 e. The number of piperidine rings is 1. The van der Waals surface area contributed by atoms with Crippen molar-refractivity contribution in [3.8, 4) is 11.4 Å². The zero-order chi connectivity index (χ0) is 20.0. The number of carbonyl (C=O) groups excluding carboxylic acids is 1. The minimum atomic E-state index is -0.486. The van der Waals surface area contributed by atoms with Crippen molar-refractivity contribution in [1.82, 2.24) is 19.9 Å². The van der Waals surface area contributed by atoms with Crippen molar-refractivity contribution < 1.29 is 9.18 Å². The number of amides is 1. The zero-order valence-electron chi connectivity index (χ0n) is 15.8. The number of halogens is 1. The van der Waals surface area contributed by atoms with Gasteiger partial charge in [-0.05, 0) is 49.4 Å². The maximum atomic E-state index is 13.1. The first-order valence-electron chi connectivity index (χ1n) is 9.54. The molecule has 146 valence electrons. The van der Waals surface area contributed by atoms with Crippen molar-refractivity contribution in [3.63, 3.8) is 0 Å². The molecular formula is C21H19FN6O. The molecule has 1 aliphatic heterocycles. The van der Waals surface area contributed by atoms with Crippen molar-refractivity contribution in [2.45, 2.75) is 31.8 Å². The molecule has 5 rings (SSSR count). The topological polar surface area (TPSA) is 83.9 Å². The number of fused-ring (bicyclic) bond motifs is 1. The first-order chi connectivity index (χ1) is 14.1. The first kappa shape index (κ1) is 17.7. The van der Waals surface area contributed by atoms with Crippen LogP contribution in [-0.2, 0) is 4.79 Å². The molecule has 29 heavy (non-hydrogen) atoms. The van der Waals surface area contributed by atoms with E-state index in [0.717, 1.165) is 42.2 Å². The molecule has 1 N–H and O–H groups in total. The Hall–Kier alpha value is -3.42. The fourth-order valence-corrected chi connectivity index (χ4v) is 4.07. The summed E-state index contributed by atoms with van der Waals surface area (Å²) in [4.78, 5) is 31.6. The van der Waals surface area contributed by atoms with Crippen LogP contribution in [0.5, 0.6) is 0 Å². The third-order valence-electron chi connectivity index (χ3n) is 5.60. The highest BCUT2D eigenvalue weighted by atomic mass is 19.1. The molecule has 3 atom stereocenters. The minimum Gasteiger partial charge on any atom is -0.341 e. The van der Waals surface area contributed by atoms with Gasteiger partial charge >= 0.3 is 0 Å². The van der Waals surface area contributed by atoms with E-state index in [1.807, 2.05) is 31.2 Å². The van der Waals surface area contributed by atoms with E-state index < -0.39 is 5.82 Å². The average Bonchev–Trinajstić information content (AvgIpc) is 3.40. The monoisotopic (exact) mass is 390 g/mol. The fourth-order valence-electron chi connectivity index (χ4n) is 4.07. The molecule has 8 heteroatoms. The Bertz CT molecular complexity index is 1060. The first-order valence-corrected chi connectivity index (χ1v) is 9.54. The van der Waals surface area contributed by atoms with Gasteiger partial charge in [-0.25, -0.2) is 24.3 Å². The Kier molecular flexibility index (Phi) is 4.19. The predicted molar refractivity (Wildman–Crippen MR) is 106 cm³/mol. The number of nitrogens with zero attached hydrogens (tertiary/aromatic N) is 5. The van der Waals surface area contributed by atoms with Crippen molar-refractivity contribution in [2.24, 2.45) is 5.92 Å². The predicted octanol–water partition coefficient (Wildman–Crippen LogP) is 2.99. The number of aromatic nitrogens is 4. The number of carbonyl (C=O) groups is 1. The van der Waals surface area contributed by atoms with Gasteiger partial charge in [0.15, 0.2) is 11.6 Å². The summed E-state index contributed by atoms with van der Waals surface area (Å²) in [6.07, 6.45) is 7.40. The van der Waals surface area contributed by atoms with Gasteiger partial charge in [0.25, 0.3) is 0 Å². The number of anilines is 2. The summed E-state index contributed by atoms with van der Waals surface area (Å²) in [6, 6.07) is 7.53. The van der Waals surface area contributed by atoms with Crippen molar-refractivity contribution in [2.75, 3.05) is 10.2 Å². The second-order valence-corrected chi connectivity index (χ2v) is 7.53. The van der Waals surface area contributed by atoms with Gasteiger partial charge in [0.2, 0.25) is 5.91 Å². The summed E-state index contributed by atoms with van der Waals surface area (Å²) in [5, 5.41) is 3.02. The molecule has 0 radical (unpaired) electrons. The molecule has 1 saturated heterocycles. The normalized spacial score (nSPS) is 22.3. The van der Waals surface area contributed by atoms with Gasteiger partial charge in [0.05, 0.1) is 12.4 Å². The van der Waals surface area contributed by atoms with Crippen LogP contribution in [0, 0.1) is 18.7 Å². The number of nitrogens with one attached hydrogen (secondary N) is 1. The molecule has 2 fully saturated rings. The van der Waals surface area contributed by atoms with Gasteiger partial charge in [-0.15, -0.1) is 0 Å². The van der Waals surface area contributed by atoms with Gasteiger partial charge in [0, 0.05) is 23.5 Å². The Morgan fingerprint density at radius 3 is 2.76 bits per heavy atom. The molecule has 3 heterocycles. The SMILES string of the molecule is Cc1ccc(NC(=O)[C@H]2C[C@@H]3C[C@@H]3N2c2ccncn2)cc1-c1ncc(F)cn1. The number of rotatable bonds is 4. The number of aryl methyl sites for hydroxylation is 1. The van der Waals surface area contributed by atoms with Crippen LogP contribution in [-0.4, -0.2) is 37.9 Å². The van der Waals surface area contributed by atoms with Crippen LogP contribution in [0.25, 0.3) is 11.4 Å². The van der Waals surface area contributed by atoms with Gasteiger partial charge in [-0.2, -0.15) is 0 Å². The molecule has 1 aromatic carbocycles. The lowest BCUT2D eigenvalue weighted by atomic mass is 10.1. The lowest BCUT2D eigenvalue weighted by molar-refractivity contribution is -0.117. The Morgan fingerprint density at radius 2 is 2.00 bits per heavy atom. The molecule has 1 saturated carbocycles. The zero-order valence-corrected chi connectivity index (χ0v) is 15.8. The molecule has 1 aliphatic carbocycles. The molecule has 0 unspecified atom stereocenters. The third-order valence-corrected chi connectivity index (χ3v) is 5.60. The highest BCUT2D eigenvalue weighted by Crippen LogP contribution is 2.49. The third kappa shape index (κ3) is 3.30. The summed E-state index contributed by atoms with van der Waals surface area (Å²) in [7, 11) is 0. The van der Waals surface area contributed by atoms with E-state index in [1.165, 1.54) is 6.33 Å². The maximum absolute atomic E-state index is 13.1. The molecular weight excluding hydrogens is 371 g/mol.